The first-order valence-corrected chi connectivity index (χ1v) is 11.2. The van der Waals surface area contributed by atoms with Crippen LogP contribution >= 0.6 is 0 Å². The van der Waals surface area contributed by atoms with Gasteiger partial charge in [0, 0.05) is 0 Å². The maximum atomic E-state index is 2.59. The van der Waals surface area contributed by atoms with Gasteiger partial charge in [-0.05, 0) is 0 Å². The minimum atomic E-state index is -1.88. The third-order valence-electron chi connectivity index (χ3n) is 3.53. The first-order valence-electron chi connectivity index (χ1n) is 6.36. The molecule has 3 heteroatoms. The van der Waals surface area contributed by atoms with E-state index in [1.165, 1.54) is 36.2 Å². The van der Waals surface area contributed by atoms with E-state index in [1.54, 1.807) is 0 Å². The molecular formula is C12H30GeN2. The summed E-state index contributed by atoms with van der Waals surface area (Å²) in [5, 5.41) is 2.94. The summed E-state index contributed by atoms with van der Waals surface area (Å²) in [6.45, 7) is 4.61. The van der Waals surface area contributed by atoms with Crippen molar-refractivity contribution in [3.8, 4) is 0 Å². The Balaban J connectivity index is 4.57. The van der Waals surface area contributed by atoms with E-state index in [2.05, 4.69) is 49.8 Å². The molecular weight excluding hydrogens is 245 g/mol. The predicted molar refractivity (Wildman–Crippen MR) is 72.6 cm³/mol. The molecule has 0 heterocycles. The third kappa shape index (κ3) is 4.45. The Kier molecular flexibility index (Phi) is 7.93. The molecule has 15 heavy (non-hydrogen) atoms. The van der Waals surface area contributed by atoms with E-state index >= 15 is 0 Å². The van der Waals surface area contributed by atoms with Crippen molar-refractivity contribution in [1.82, 2.24) is 7.71 Å². The van der Waals surface area contributed by atoms with Gasteiger partial charge in [-0.2, -0.15) is 0 Å². The molecule has 0 unspecified atom stereocenters. The number of unbranched alkanes of at least 4 members (excludes halogenated alkanes) is 2. The van der Waals surface area contributed by atoms with E-state index in [1.807, 2.05) is 0 Å². The average Bonchev–Trinajstić information content (AvgIpc) is 2.17. The Hall–Kier alpha value is 0.463. The van der Waals surface area contributed by atoms with Crippen LogP contribution in [0.5, 0.6) is 0 Å². The molecule has 0 aliphatic heterocycles. The van der Waals surface area contributed by atoms with Crippen molar-refractivity contribution in [2.45, 2.75) is 50.0 Å². The van der Waals surface area contributed by atoms with Gasteiger partial charge in [0.15, 0.2) is 0 Å². The van der Waals surface area contributed by atoms with Gasteiger partial charge in [-0.15, -0.1) is 0 Å². The van der Waals surface area contributed by atoms with E-state index in [0.29, 0.717) is 0 Å². The zero-order valence-corrected chi connectivity index (χ0v) is 13.7. The SMILES string of the molecule is CCC[CH2][Ge]([CH2]CCC)([N](C)C)[N](C)C. The Morgan fingerprint density at radius 3 is 1.27 bits per heavy atom. The fourth-order valence-electron chi connectivity index (χ4n) is 2.34. The summed E-state index contributed by atoms with van der Waals surface area (Å²) in [5.74, 6) is 0. The second-order valence-electron chi connectivity index (χ2n) is 4.98. The Bertz CT molecular complexity index is 140. The van der Waals surface area contributed by atoms with Crippen LogP contribution in [0.3, 0.4) is 0 Å². The van der Waals surface area contributed by atoms with E-state index in [0.717, 1.165) is 0 Å². The van der Waals surface area contributed by atoms with Crippen LogP contribution in [-0.4, -0.2) is 49.6 Å². The molecule has 0 aromatic rings. The minimum absolute atomic E-state index is 1.33. The van der Waals surface area contributed by atoms with Crippen LogP contribution in [0.1, 0.15) is 39.5 Å². The quantitative estimate of drug-likeness (QED) is 0.628. The van der Waals surface area contributed by atoms with Crippen LogP contribution < -0.4 is 0 Å². The van der Waals surface area contributed by atoms with Crippen molar-refractivity contribution in [1.29, 1.82) is 0 Å². The normalized spacial score (nSPS) is 12.8. The molecule has 0 aliphatic rings. The zero-order valence-electron chi connectivity index (χ0n) is 11.6. The van der Waals surface area contributed by atoms with E-state index in [4.69, 9.17) is 0 Å². The monoisotopic (exact) mass is 276 g/mol. The summed E-state index contributed by atoms with van der Waals surface area (Å²) in [5.41, 5.74) is 0. The average molecular weight is 275 g/mol. The standard InChI is InChI=1S/C12H30GeN2/c1-7-9-11-13(14(3)4,15(5)6)12-10-8-2/h7-12H2,1-6H3. The molecule has 0 aromatic heterocycles. The fourth-order valence-corrected chi connectivity index (χ4v) is 12.2. The van der Waals surface area contributed by atoms with E-state index in [-0.39, 0.29) is 0 Å². The van der Waals surface area contributed by atoms with Gasteiger partial charge >= 0.3 is 99.7 Å². The molecule has 0 rings (SSSR count). The number of hydrogen-bond donors (Lipinski definition) is 0. The van der Waals surface area contributed by atoms with Crippen LogP contribution in [0.15, 0.2) is 0 Å². The number of nitrogens with zero attached hydrogens (tertiary/aromatic N) is 2. The molecule has 2 nitrogen and oxygen atoms in total. The Labute approximate surface area is 99.8 Å². The van der Waals surface area contributed by atoms with Crippen molar-refractivity contribution in [2.75, 3.05) is 28.2 Å². The second kappa shape index (κ2) is 7.69. The molecule has 0 amide bonds. The van der Waals surface area contributed by atoms with E-state index < -0.39 is 13.7 Å². The summed E-state index contributed by atoms with van der Waals surface area (Å²) in [4.78, 5) is 0. The first kappa shape index (κ1) is 15.5. The van der Waals surface area contributed by atoms with Gasteiger partial charge in [0.25, 0.3) is 0 Å². The molecule has 0 saturated heterocycles. The van der Waals surface area contributed by atoms with Gasteiger partial charge in [-0.1, -0.05) is 0 Å². The Morgan fingerprint density at radius 1 is 0.733 bits per heavy atom. The van der Waals surface area contributed by atoms with Gasteiger partial charge in [0.1, 0.15) is 0 Å². The molecule has 0 bridgehead atoms. The van der Waals surface area contributed by atoms with Crippen LogP contribution in [0.2, 0.25) is 10.5 Å². The molecule has 0 aliphatic carbocycles. The summed E-state index contributed by atoms with van der Waals surface area (Å²) in [6, 6.07) is 0. The molecule has 0 aromatic carbocycles. The van der Waals surface area contributed by atoms with Crippen molar-refractivity contribution >= 4 is 13.7 Å². The van der Waals surface area contributed by atoms with Gasteiger partial charge < -0.3 is 0 Å². The van der Waals surface area contributed by atoms with Crippen molar-refractivity contribution < 1.29 is 0 Å². The topological polar surface area (TPSA) is 6.48 Å². The predicted octanol–water partition coefficient (Wildman–Crippen LogP) is 3.15. The summed E-state index contributed by atoms with van der Waals surface area (Å²) in [6.07, 6.45) is 5.47. The van der Waals surface area contributed by atoms with Crippen LogP contribution in [0.25, 0.3) is 0 Å². The second-order valence-corrected chi connectivity index (χ2v) is 15.0. The summed E-state index contributed by atoms with van der Waals surface area (Å²) < 4.78 is 5.18. The van der Waals surface area contributed by atoms with Crippen molar-refractivity contribution in [2.24, 2.45) is 0 Å². The third-order valence-corrected chi connectivity index (χ3v) is 15.4. The molecule has 92 valence electrons. The molecule has 0 atom stereocenters. The van der Waals surface area contributed by atoms with Crippen molar-refractivity contribution in [3.63, 3.8) is 0 Å². The first-order chi connectivity index (χ1) is 7.01. The van der Waals surface area contributed by atoms with Gasteiger partial charge in [0.05, 0.1) is 0 Å². The molecule has 0 saturated carbocycles. The van der Waals surface area contributed by atoms with E-state index in [9.17, 15) is 0 Å². The van der Waals surface area contributed by atoms with Crippen molar-refractivity contribution in [3.05, 3.63) is 0 Å². The fraction of sp³-hybridized carbons (Fsp3) is 1.00. The molecule has 0 radical (unpaired) electrons. The Morgan fingerprint density at radius 2 is 1.07 bits per heavy atom. The van der Waals surface area contributed by atoms with Gasteiger partial charge in [-0.25, -0.2) is 0 Å². The summed E-state index contributed by atoms with van der Waals surface area (Å²) in [7, 11) is 9.19. The van der Waals surface area contributed by atoms with Crippen LogP contribution in [0.4, 0.5) is 0 Å². The van der Waals surface area contributed by atoms with Crippen LogP contribution in [0, 0.1) is 0 Å². The zero-order chi connectivity index (χ0) is 11.9. The number of hydrogen-bond acceptors (Lipinski definition) is 2. The van der Waals surface area contributed by atoms with Gasteiger partial charge in [-0.3, -0.25) is 0 Å². The van der Waals surface area contributed by atoms with Gasteiger partial charge in [0.2, 0.25) is 0 Å². The molecule has 0 spiro atoms. The number of rotatable bonds is 8. The summed E-state index contributed by atoms with van der Waals surface area (Å²) >= 11 is -1.88. The van der Waals surface area contributed by atoms with Crippen LogP contribution in [-0.2, 0) is 0 Å². The molecule has 0 fully saturated rings. The molecule has 0 N–H and O–H groups in total. The maximum absolute atomic E-state index is 2.59.